The molecule has 5 rings (SSSR count). The summed E-state index contributed by atoms with van der Waals surface area (Å²) in [6.07, 6.45) is 6.15. The van der Waals surface area contributed by atoms with Crippen molar-refractivity contribution in [2.45, 2.75) is 50.0 Å². The van der Waals surface area contributed by atoms with Crippen molar-refractivity contribution in [3.8, 4) is 0 Å². The van der Waals surface area contributed by atoms with Crippen molar-refractivity contribution < 1.29 is 13.2 Å². The van der Waals surface area contributed by atoms with Gasteiger partial charge in [-0.3, -0.25) is 9.10 Å². The molecule has 1 fully saturated rings. The van der Waals surface area contributed by atoms with Crippen molar-refractivity contribution in [1.82, 2.24) is 10.6 Å². The first kappa shape index (κ1) is 27.4. The van der Waals surface area contributed by atoms with Crippen LogP contribution in [0.15, 0.2) is 84.9 Å². The number of amides is 1. The lowest BCUT2D eigenvalue weighted by Gasteiger charge is -2.37. The molecular formula is C32H39N3O3S. The van der Waals surface area contributed by atoms with Crippen LogP contribution in [0.2, 0.25) is 0 Å². The zero-order chi connectivity index (χ0) is 27.3. The Balaban J connectivity index is 1.20. The minimum absolute atomic E-state index is 0.000470. The van der Waals surface area contributed by atoms with E-state index in [-0.39, 0.29) is 23.3 Å². The van der Waals surface area contributed by atoms with Crippen LogP contribution in [-0.4, -0.2) is 46.3 Å². The van der Waals surface area contributed by atoms with Gasteiger partial charge in [-0.15, -0.1) is 0 Å². The Labute approximate surface area is 232 Å². The van der Waals surface area contributed by atoms with Crippen molar-refractivity contribution >= 4 is 21.6 Å². The Kier molecular flexibility index (Phi) is 8.38. The van der Waals surface area contributed by atoms with Crippen LogP contribution in [0.3, 0.4) is 0 Å². The van der Waals surface area contributed by atoms with E-state index in [1.165, 1.54) is 17.4 Å². The highest BCUT2D eigenvalue weighted by Gasteiger charge is 2.47. The van der Waals surface area contributed by atoms with Gasteiger partial charge in [-0.05, 0) is 67.8 Å². The van der Waals surface area contributed by atoms with E-state index in [9.17, 15) is 13.2 Å². The summed E-state index contributed by atoms with van der Waals surface area (Å²) in [5.74, 6) is 0.0551. The highest BCUT2D eigenvalue weighted by molar-refractivity contribution is 7.92. The molecule has 7 heteroatoms. The van der Waals surface area contributed by atoms with Crippen LogP contribution in [0, 0.1) is 5.92 Å². The average molecular weight is 546 g/mol. The number of benzene rings is 3. The van der Waals surface area contributed by atoms with E-state index >= 15 is 0 Å². The molecule has 206 valence electrons. The third kappa shape index (κ3) is 6.53. The maximum Gasteiger partial charge on any atom is 0.232 e. The molecule has 1 atom stereocenters. The van der Waals surface area contributed by atoms with Crippen LogP contribution in [0.1, 0.15) is 42.4 Å². The second-order valence-corrected chi connectivity index (χ2v) is 13.1. The van der Waals surface area contributed by atoms with Gasteiger partial charge in [-0.25, -0.2) is 8.42 Å². The first-order chi connectivity index (χ1) is 18.8. The van der Waals surface area contributed by atoms with Crippen LogP contribution >= 0.6 is 0 Å². The first-order valence-corrected chi connectivity index (χ1v) is 15.9. The maximum atomic E-state index is 13.5. The number of para-hydroxylation sites is 1. The summed E-state index contributed by atoms with van der Waals surface area (Å²) in [5.41, 5.74) is 4.21. The average Bonchev–Trinajstić information content (AvgIpc) is 3.27. The van der Waals surface area contributed by atoms with Gasteiger partial charge in [0.25, 0.3) is 0 Å². The third-order valence-corrected chi connectivity index (χ3v) is 9.53. The van der Waals surface area contributed by atoms with Gasteiger partial charge in [-0.2, -0.15) is 0 Å². The maximum absolute atomic E-state index is 13.5. The number of hydrogen-bond donors (Lipinski definition) is 2. The highest BCUT2D eigenvalue weighted by atomic mass is 32.2. The molecule has 3 aromatic carbocycles. The van der Waals surface area contributed by atoms with Crippen LogP contribution in [0.25, 0.3) is 0 Å². The summed E-state index contributed by atoms with van der Waals surface area (Å²) >= 11 is 0. The number of anilines is 1. The van der Waals surface area contributed by atoms with Crippen molar-refractivity contribution in [3.05, 3.63) is 102 Å². The second-order valence-electron chi connectivity index (χ2n) is 11.2. The van der Waals surface area contributed by atoms with Gasteiger partial charge in [0.2, 0.25) is 15.9 Å². The summed E-state index contributed by atoms with van der Waals surface area (Å²) < 4.78 is 26.6. The zero-order valence-corrected chi connectivity index (χ0v) is 23.5. The van der Waals surface area contributed by atoms with E-state index < -0.39 is 10.0 Å². The molecule has 2 aliphatic rings. The molecule has 1 aliphatic carbocycles. The Morgan fingerprint density at radius 1 is 0.923 bits per heavy atom. The molecular weight excluding hydrogens is 506 g/mol. The fourth-order valence-electron chi connectivity index (χ4n) is 6.29. The van der Waals surface area contributed by atoms with Gasteiger partial charge >= 0.3 is 0 Å². The Morgan fingerprint density at radius 3 is 2.21 bits per heavy atom. The van der Waals surface area contributed by atoms with E-state index in [2.05, 4.69) is 53.1 Å². The lowest BCUT2D eigenvalue weighted by atomic mass is 9.67. The number of sulfonamides is 1. The molecule has 1 spiro atoms. The van der Waals surface area contributed by atoms with E-state index in [4.69, 9.17) is 0 Å². The van der Waals surface area contributed by atoms with Crippen molar-refractivity contribution in [3.63, 3.8) is 0 Å². The number of rotatable bonds is 10. The van der Waals surface area contributed by atoms with Gasteiger partial charge < -0.3 is 10.6 Å². The van der Waals surface area contributed by atoms with Gasteiger partial charge in [0.1, 0.15) is 0 Å². The molecule has 3 aromatic rings. The van der Waals surface area contributed by atoms with E-state index in [1.807, 2.05) is 42.5 Å². The van der Waals surface area contributed by atoms with Crippen molar-refractivity contribution in [2.24, 2.45) is 5.92 Å². The summed E-state index contributed by atoms with van der Waals surface area (Å²) in [5, 5.41) is 6.91. The number of carbonyl (C=O) groups is 1. The monoisotopic (exact) mass is 545 g/mol. The fourth-order valence-corrected chi connectivity index (χ4v) is 7.28. The smallest absolute Gasteiger partial charge is 0.232 e. The molecule has 0 unspecified atom stereocenters. The molecule has 1 amide bonds. The predicted octanol–water partition coefficient (Wildman–Crippen LogP) is 4.45. The number of hydrogen-bond acceptors (Lipinski definition) is 4. The SMILES string of the molecule is CS(=O)(=O)N1CC2(CCC(C(=O)N[C@H](CNCCc3ccccc3)Cc3ccccc3)CC2)c2ccccc21. The minimum atomic E-state index is -3.35. The summed E-state index contributed by atoms with van der Waals surface area (Å²) in [7, 11) is -3.35. The van der Waals surface area contributed by atoms with E-state index in [0.29, 0.717) is 13.1 Å². The van der Waals surface area contributed by atoms with E-state index in [0.717, 1.165) is 56.3 Å². The largest absolute Gasteiger partial charge is 0.352 e. The molecule has 2 N–H and O–H groups in total. The normalized spacial score (nSPS) is 21.5. The number of fused-ring (bicyclic) bond motifs is 2. The minimum Gasteiger partial charge on any atom is -0.352 e. The molecule has 6 nitrogen and oxygen atoms in total. The van der Waals surface area contributed by atoms with Gasteiger partial charge in [0.05, 0.1) is 11.9 Å². The van der Waals surface area contributed by atoms with Gasteiger partial charge in [0.15, 0.2) is 0 Å². The lowest BCUT2D eigenvalue weighted by Crippen LogP contribution is -2.48. The first-order valence-electron chi connectivity index (χ1n) is 14.0. The van der Waals surface area contributed by atoms with Crippen LogP contribution in [-0.2, 0) is 33.1 Å². The Bertz CT molecular complexity index is 1350. The molecule has 1 aliphatic heterocycles. The summed E-state index contributed by atoms with van der Waals surface area (Å²) in [6, 6.07) is 28.6. The summed E-state index contributed by atoms with van der Waals surface area (Å²) in [4.78, 5) is 13.5. The van der Waals surface area contributed by atoms with Crippen LogP contribution in [0.5, 0.6) is 0 Å². The molecule has 1 heterocycles. The van der Waals surface area contributed by atoms with Crippen LogP contribution in [0.4, 0.5) is 5.69 Å². The topological polar surface area (TPSA) is 78.5 Å². The Morgan fingerprint density at radius 2 is 1.54 bits per heavy atom. The molecule has 0 bridgehead atoms. The number of carbonyl (C=O) groups excluding carboxylic acids is 1. The molecule has 0 aromatic heterocycles. The van der Waals surface area contributed by atoms with Crippen molar-refractivity contribution in [1.29, 1.82) is 0 Å². The molecule has 0 radical (unpaired) electrons. The predicted molar refractivity (Wildman–Crippen MR) is 157 cm³/mol. The van der Waals surface area contributed by atoms with Gasteiger partial charge in [-0.1, -0.05) is 78.9 Å². The van der Waals surface area contributed by atoms with Crippen LogP contribution < -0.4 is 14.9 Å². The lowest BCUT2D eigenvalue weighted by molar-refractivity contribution is -0.127. The van der Waals surface area contributed by atoms with Gasteiger partial charge in [0, 0.05) is 30.5 Å². The number of nitrogens with zero attached hydrogens (tertiary/aromatic N) is 1. The van der Waals surface area contributed by atoms with E-state index in [1.54, 1.807) is 4.31 Å². The number of nitrogens with one attached hydrogen (secondary N) is 2. The third-order valence-electron chi connectivity index (χ3n) is 8.40. The molecule has 0 saturated heterocycles. The molecule has 1 saturated carbocycles. The highest BCUT2D eigenvalue weighted by Crippen LogP contribution is 2.50. The zero-order valence-electron chi connectivity index (χ0n) is 22.7. The molecule has 39 heavy (non-hydrogen) atoms. The standard InChI is InChI=1S/C32H39N3O3S/c1-39(37,38)35-24-32(29-14-8-9-15-30(29)35)19-16-27(17-20-32)31(36)34-28(22-26-12-6-3-7-13-26)23-33-21-18-25-10-4-2-5-11-25/h2-15,27-28,33H,16-24H2,1H3,(H,34,36)/t27?,28-,32?/m0/s1. The Hall–Kier alpha value is -3.16. The van der Waals surface area contributed by atoms with Crippen molar-refractivity contribution in [2.75, 3.05) is 30.2 Å². The fraction of sp³-hybridized carbons (Fsp3) is 0.406. The second kappa shape index (κ2) is 11.9. The quantitative estimate of drug-likeness (QED) is 0.369. The summed E-state index contributed by atoms with van der Waals surface area (Å²) in [6.45, 7) is 2.04.